The first-order valence-electron chi connectivity index (χ1n) is 9.35. The van der Waals surface area contributed by atoms with Gasteiger partial charge in [-0.15, -0.1) is 0 Å². The van der Waals surface area contributed by atoms with Crippen LogP contribution in [0.3, 0.4) is 0 Å². The third-order valence-corrected chi connectivity index (χ3v) is 4.10. The molecule has 3 rings (SSSR count). The first-order chi connectivity index (χ1) is 13.0. The number of guanidine groups is 1. The molecule has 0 aromatic carbocycles. The van der Waals surface area contributed by atoms with E-state index in [4.69, 9.17) is 4.42 Å². The van der Waals surface area contributed by atoms with Gasteiger partial charge in [0.15, 0.2) is 5.96 Å². The molecule has 0 radical (unpaired) electrons. The number of aliphatic imine (C=N–C) groups is 1. The maximum Gasteiger partial charge on any atom is 0.216 e. The predicted octanol–water partition coefficient (Wildman–Crippen LogP) is 2.92. The zero-order chi connectivity index (χ0) is 19.3. The van der Waals surface area contributed by atoms with Crippen LogP contribution in [-0.2, 0) is 18.4 Å². The molecule has 0 amide bonds. The Labute approximate surface area is 159 Å². The van der Waals surface area contributed by atoms with E-state index in [1.165, 1.54) is 0 Å². The molecule has 0 saturated carbocycles. The van der Waals surface area contributed by atoms with Crippen LogP contribution in [0.4, 0.5) is 0 Å². The smallest absolute Gasteiger partial charge is 0.216 e. The van der Waals surface area contributed by atoms with E-state index in [0.717, 1.165) is 42.6 Å². The van der Waals surface area contributed by atoms with Gasteiger partial charge in [-0.25, -0.2) is 15.0 Å². The molecule has 27 heavy (non-hydrogen) atoms. The van der Waals surface area contributed by atoms with Crippen LogP contribution in [0.5, 0.6) is 0 Å². The predicted molar refractivity (Wildman–Crippen MR) is 107 cm³/mol. The molecule has 0 spiro atoms. The summed E-state index contributed by atoms with van der Waals surface area (Å²) in [6.45, 7) is 10.3. The zero-order valence-corrected chi connectivity index (χ0v) is 16.5. The van der Waals surface area contributed by atoms with Gasteiger partial charge in [0.2, 0.25) is 5.89 Å². The molecule has 7 heteroatoms. The summed E-state index contributed by atoms with van der Waals surface area (Å²) < 4.78 is 7.83. The highest BCUT2D eigenvalue weighted by Crippen LogP contribution is 2.22. The molecule has 2 N–H and O–H groups in total. The van der Waals surface area contributed by atoms with E-state index in [1.54, 1.807) is 6.20 Å². The van der Waals surface area contributed by atoms with Crippen LogP contribution in [0.2, 0.25) is 0 Å². The van der Waals surface area contributed by atoms with E-state index in [0.29, 0.717) is 12.4 Å². The number of fused-ring (bicyclic) bond motifs is 1. The number of rotatable bonds is 6. The Kier molecular flexibility index (Phi) is 5.78. The minimum absolute atomic E-state index is 0.0498. The van der Waals surface area contributed by atoms with Gasteiger partial charge in [-0.05, 0) is 19.1 Å². The lowest BCUT2D eigenvalue weighted by atomic mass is 9.94. The van der Waals surface area contributed by atoms with Gasteiger partial charge in [-0.3, -0.25) is 0 Å². The highest BCUT2D eigenvalue weighted by Gasteiger charge is 2.19. The summed E-state index contributed by atoms with van der Waals surface area (Å²) in [5, 5.41) is 6.59. The van der Waals surface area contributed by atoms with Gasteiger partial charge in [-0.2, -0.15) is 0 Å². The summed E-state index contributed by atoms with van der Waals surface area (Å²) in [6, 6.07) is 6.00. The molecule has 3 aromatic heterocycles. The van der Waals surface area contributed by atoms with Crippen molar-refractivity contribution in [3.63, 3.8) is 0 Å². The number of pyridine rings is 1. The Morgan fingerprint density at radius 1 is 1.26 bits per heavy atom. The Morgan fingerprint density at radius 2 is 2.11 bits per heavy atom. The minimum atomic E-state index is -0.0498. The Balaban J connectivity index is 1.56. The normalized spacial score (nSPS) is 12.5. The third kappa shape index (κ3) is 5.09. The van der Waals surface area contributed by atoms with Crippen molar-refractivity contribution in [2.45, 2.75) is 46.1 Å². The lowest BCUT2D eigenvalue weighted by molar-refractivity contribution is 0.383. The summed E-state index contributed by atoms with van der Waals surface area (Å²) in [5.74, 6) is 2.24. The van der Waals surface area contributed by atoms with Crippen molar-refractivity contribution < 1.29 is 4.42 Å². The van der Waals surface area contributed by atoms with Gasteiger partial charge in [0, 0.05) is 37.3 Å². The van der Waals surface area contributed by atoms with Crippen molar-refractivity contribution in [1.29, 1.82) is 0 Å². The van der Waals surface area contributed by atoms with Crippen molar-refractivity contribution in [3.05, 3.63) is 54.1 Å². The topological polar surface area (TPSA) is 79.8 Å². The average Bonchev–Trinajstić information content (AvgIpc) is 3.26. The third-order valence-electron chi connectivity index (χ3n) is 4.10. The first kappa shape index (κ1) is 18.9. The van der Waals surface area contributed by atoms with E-state index in [-0.39, 0.29) is 5.41 Å². The summed E-state index contributed by atoms with van der Waals surface area (Å²) >= 11 is 0. The quantitative estimate of drug-likeness (QED) is 0.517. The van der Waals surface area contributed by atoms with Crippen LogP contribution >= 0.6 is 0 Å². The van der Waals surface area contributed by atoms with E-state index in [1.807, 2.05) is 35.7 Å². The largest absolute Gasteiger partial charge is 0.443 e. The lowest BCUT2D eigenvalue weighted by Gasteiger charge is -2.13. The monoisotopic (exact) mass is 368 g/mol. The van der Waals surface area contributed by atoms with E-state index >= 15 is 0 Å². The molecule has 0 aliphatic heterocycles. The number of nitrogens with one attached hydrogen (secondary N) is 2. The van der Waals surface area contributed by atoms with Crippen molar-refractivity contribution in [2.24, 2.45) is 4.99 Å². The molecule has 0 saturated heterocycles. The van der Waals surface area contributed by atoms with Crippen LogP contribution in [0, 0.1) is 0 Å². The number of nitrogens with zero attached hydrogens (tertiary/aromatic N) is 4. The number of hydrogen-bond donors (Lipinski definition) is 2. The molecular formula is C20H28N6O. The van der Waals surface area contributed by atoms with Gasteiger partial charge in [-0.1, -0.05) is 26.8 Å². The number of oxazole rings is 1. The van der Waals surface area contributed by atoms with E-state index in [2.05, 4.69) is 52.6 Å². The highest BCUT2D eigenvalue weighted by atomic mass is 16.4. The molecule has 144 valence electrons. The van der Waals surface area contributed by atoms with Gasteiger partial charge in [0.1, 0.15) is 18.0 Å². The first-order valence-corrected chi connectivity index (χ1v) is 9.35. The minimum Gasteiger partial charge on any atom is -0.443 e. The fraction of sp³-hybridized carbons (Fsp3) is 0.450. The second-order valence-corrected chi connectivity index (χ2v) is 7.44. The number of imidazole rings is 1. The zero-order valence-electron chi connectivity index (χ0n) is 16.5. The second-order valence-electron chi connectivity index (χ2n) is 7.44. The summed E-state index contributed by atoms with van der Waals surface area (Å²) in [7, 11) is 0. The van der Waals surface area contributed by atoms with Gasteiger partial charge < -0.3 is 19.5 Å². The summed E-state index contributed by atoms with van der Waals surface area (Å²) in [4.78, 5) is 13.5. The molecule has 0 bridgehead atoms. The maximum atomic E-state index is 5.80. The SMILES string of the molecule is CCNC(=NCc1ncc(C(C)(C)C)o1)NCCc1cn2ccccc2n1. The molecule has 0 aliphatic rings. The standard InChI is InChI=1S/C20H28N6O/c1-5-21-19(24-13-18-23-12-16(27-18)20(2,3)4)22-10-9-15-14-26-11-7-6-8-17(26)25-15/h6-8,11-12,14H,5,9-10,13H2,1-4H3,(H2,21,22,24). The van der Waals surface area contributed by atoms with Crippen LogP contribution in [-0.4, -0.2) is 33.4 Å². The van der Waals surface area contributed by atoms with Gasteiger partial charge in [0.05, 0.1) is 11.9 Å². The average molecular weight is 368 g/mol. The fourth-order valence-electron chi connectivity index (χ4n) is 2.64. The van der Waals surface area contributed by atoms with E-state index < -0.39 is 0 Å². The second kappa shape index (κ2) is 8.24. The number of hydrogen-bond acceptors (Lipinski definition) is 4. The van der Waals surface area contributed by atoms with Crippen molar-refractivity contribution >= 4 is 11.6 Å². The summed E-state index contributed by atoms with van der Waals surface area (Å²) in [5.41, 5.74) is 1.96. The van der Waals surface area contributed by atoms with Gasteiger partial charge in [0.25, 0.3) is 0 Å². The Bertz CT molecular complexity index is 869. The van der Waals surface area contributed by atoms with Crippen molar-refractivity contribution in [1.82, 2.24) is 25.0 Å². The fourth-order valence-corrected chi connectivity index (χ4v) is 2.64. The molecule has 0 fully saturated rings. The van der Waals surface area contributed by atoms with Crippen LogP contribution < -0.4 is 10.6 Å². The molecule has 3 heterocycles. The van der Waals surface area contributed by atoms with Crippen LogP contribution in [0.15, 0.2) is 46.2 Å². The van der Waals surface area contributed by atoms with Crippen LogP contribution in [0.1, 0.15) is 45.0 Å². The van der Waals surface area contributed by atoms with Crippen LogP contribution in [0.25, 0.3) is 5.65 Å². The maximum absolute atomic E-state index is 5.80. The molecule has 7 nitrogen and oxygen atoms in total. The van der Waals surface area contributed by atoms with Crippen molar-refractivity contribution in [2.75, 3.05) is 13.1 Å². The van der Waals surface area contributed by atoms with Crippen molar-refractivity contribution in [3.8, 4) is 0 Å². The Hall–Kier alpha value is -2.83. The Morgan fingerprint density at radius 3 is 2.81 bits per heavy atom. The molecule has 0 aliphatic carbocycles. The molecule has 0 unspecified atom stereocenters. The molecule has 0 atom stereocenters. The van der Waals surface area contributed by atoms with E-state index in [9.17, 15) is 0 Å². The lowest BCUT2D eigenvalue weighted by Crippen LogP contribution is -2.38. The highest BCUT2D eigenvalue weighted by molar-refractivity contribution is 5.79. The number of aromatic nitrogens is 3. The summed E-state index contributed by atoms with van der Waals surface area (Å²) in [6.07, 6.45) is 6.67. The molecular weight excluding hydrogens is 340 g/mol. The van der Waals surface area contributed by atoms with Gasteiger partial charge >= 0.3 is 0 Å². The molecule has 3 aromatic rings.